The zero-order valence-corrected chi connectivity index (χ0v) is 30.4. The van der Waals surface area contributed by atoms with Gasteiger partial charge in [0.25, 0.3) is 5.91 Å². The van der Waals surface area contributed by atoms with Crippen molar-refractivity contribution in [2.75, 3.05) is 64.8 Å². The van der Waals surface area contributed by atoms with E-state index in [2.05, 4.69) is 40.5 Å². The highest BCUT2D eigenvalue weighted by atomic mass is 16.6. The number of piperidine rings is 2. The molecule has 3 N–H and O–H groups in total. The molecule has 0 saturated carbocycles. The Morgan fingerprint density at radius 3 is 2.18 bits per heavy atom. The first-order valence-electron chi connectivity index (χ1n) is 18.7. The molecule has 10 nitrogen and oxygen atoms in total. The van der Waals surface area contributed by atoms with Crippen LogP contribution in [0.3, 0.4) is 0 Å². The molecule has 3 aliphatic heterocycles. The molecule has 1 atom stereocenters. The van der Waals surface area contributed by atoms with Crippen molar-refractivity contribution in [2.24, 2.45) is 0 Å². The smallest absolute Gasteiger partial charge is 0.410 e. The number of ether oxygens (including phenoxy) is 3. The quantitative estimate of drug-likeness (QED) is 0.251. The van der Waals surface area contributed by atoms with Gasteiger partial charge in [0, 0.05) is 63.5 Å². The standard InChI is InChI=1S/C41H55N5O5/c1-30-26-33(27-31(2)39(30)50-29-32-8-4-3-5-9-32)28-38(40(47)45-20-15-36(16-21-45)44-22-24-49-25-23-44)51-41(48)46-18-13-35(14-19-46)43-17-12-34-10-6-7-11-37(34)42/h3-11,26-27,35-36,38,43H,12-25,28-29,42H2,1-2H3/t38-/m1/s1. The van der Waals surface area contributed by atoms with Gasteiger partial charge < -0.3 is 35.1 Å². The number of nitrogens with two attached hydrogens (primary N) is 1. The molecule has 3 fully saturated rings. The summed E-state index contributed by atoms with van der Waals surface area (Å²) in [5.41, 5.74) is 12.1. The second-order valence-electron chi connectivity index (χ2n) is 14.3. The number of amides is 2. The van der Waals surface area contributed by atoms with E-state index in [0.29, 0.717) is 51.3 Å². The second kappa shape index (κ2) is 17.9. The molecule has 3 saturated heterocycles. The molecule has 6 rings (SSSR count). The normalized spacial score (nSPS) is 18.4. The minimum Gasteiger partial charge on any atom is -0.488 e. The summed E-state index contributed by atoms with van der Waals surface area (Å²) in [7, 11) is 0. The van der Waals surface area contributed by atoms with Gasteiger partial charge in [-0.2, -0.15) is 0 Å². The minimum absolute atomic E-state index is 0.111. The number of likely N-dealkylation sites (tertiary alicyclic amines) is 2. The molecule has 10 heteroatoms. The monoisotopic (exact) mass is 697 g/mol. The summed E-state index contributed by atoms with van der Waals surface area (Å²) in [6, 6.07) is 23.0. The number of anilines is 1. The molecule has 2 amide bonds. The molecule has 0 aliphatic carbocycles. The predicted octanol–water partition coefficient (Wildman–Crippen LogP) is 5.13. The van der Waals surface area contributed by atoms with Crippen molar-refractivity contribution >= 4 is 17.7 Å². The second-order valence-corrected chi connectivity index (χ2v) is 14.3. The maximum Gasteiger partial charge on any atom is 0.410 e. The Morgan fingerprint density at radius 2 is 1.49 bits per heavy atom. The molecule has 0 unspecified atom stereocenters. The van der Waals surface area contributed by atoms with Gasteiger partial charge in [0.2, 0.25) is 0 Å². The number of hydrogen-bond acceptors (Lipinski definition) is 8. The minimum atomic E-state index is -0.903. The van der Waals surface area contributed by atoms with Crippen molar-refractivity contribution in [3.8, 4) is 5.75 Å². The van der Waals surface area contributed by atoms with Crippen LogP contribution in [0.4, 0.5) is 10.5 Å². The van der Waals surface area contributed by atoms with Crippen molar-refractivity contribution in [1.82, 2.24) is 20.0 Å². The lowest BCUT2D eigenvalue weighted by Gasteiger charge is -2.41. The summed E-state index contributed by atoms with van der Waals surface area (Å²) in [6.45, 7) is 11.3. The number of carbonyl (C=O) groups excluding carboxylic acids is 2. The molecular formula is C41H55N5O5. The Labute approximate surface area is 303 Å². The van der Waals surface area contributed by atoms with Crippen LogP contribution in [0.5, 0.6) is 5.75 Å². The maximum absolute atomic E-state index is 14.2. The Hall–Kier alpha value is -4.12. The fourth-order valence-corrected chi connectivity index (χ4v) is 7.74. The zero-order valence-electron chi connectivity index (χ0n) is 30.4. The molecule has 274 valence electrons. The number of aryl methyl sites for hydroxylation is 2. The Bertz CT molecular complexity index is 1560. The van der Waals surface area contributed by atoms with Crippen molar-refractivity contribution < 1.29 is 23.8 Å². The number of benzene rings is 3. The third-order valence-corrected chi connectivity index (χ3v) is 10.7. The number of carbonyl (C=O) groups is 2. The average molecular weight is 698 g/mol. The van der Waals surface area contributed by atoms with E-state index < -0.39 is 12.2 Å². The van der Waals surface area contributed by atoms with Gasteiger partial charge >= 0.3 is 6.09 Å². The fourth-order valence-electron chi connectivity index (χ4n) is 7.74. The summed E-state index contributed by atoms with van der Waals surface area (Å²) in [5.74, 6) is 0.733. The van der Waals surface area contributed by atoms with Gasteiger partial charge in [-0.25, -0.2) is 4.79 Å². The van der Waals surface area contributed by atoms with E-state index in [1.165, 1.54) is 0 Å². The number of morpholine rings is 1. The number of para-hydroxylation sites is 1. The van der Waals surface area contributed by atoms with E-state index in [4.69, 9.17) is 19.9 Å². The van der Waals surface area contributed by atoms with E-state index in [-0.39, 0.29) is 5.91 Å². The Balaban J connectivity index is 1.08. The maximum atomic E-state index is 14.2. The lowest BCUT2D eigenvalue weighted by Crippen LogP contribution is -2.53. The molecule has 0 spiro atoms. The number of nitrogen functional groups attached to an aromatic ring is 1. The average Bonchev–Trinajstić information content (AvgIpc) is 3.16. The van der Waals surface area contributed by atoms with Crippen molar-refractivity contribution in [3.63, 3.8) is 0 Å². The zero-order chi connectivity index (χ0) is 35.6. The van der Waals surface area contributed by atoms with Crippen molar-refractivity contribution in [2.45, 2.75) is 77.2 Å². The van der Waals surface area contributed by atoms with Gasteiger partial charge in [0.05, 0.1) is 13.2 Å². The summed E-state index contributed by atoms with van der Waals surface area (Å²) >= 11 is 0. The summed E-state index contributed by atoms with van der Waals surface area (Å²) in [5, 5.41) is 3.64. The van der Waals surface area contributed by atoms with Crippen LogP contribution in [-0.2, 0) is 33.7 Å². The SMILES string of the molecule is Cc1cc(C[C@@H](OC(=O)N2CCC(NCCc3ccccc3N)CC2)C(=O)N2CCC(N3CCOCC3)CC2)cc(C)c1OCc1ccccc1. The predicted molar refractivity (Wildman–Crippen MR) is 200 cm³/mol. The van der Waals surface area contributed by atoms with Gasteiger partial charge in [0.1, 0.15) is 12.4 Å². The van der Waals surface area contributed by atoms with Crippen LogP contribution in [0, 0.1) is 13.8 Å². The number of hydrogen-bond donors (Lipinski definition) is 2. The van der Waals surface area contributed by atoms with E-state index in [0.717, 1.165) is 104 Å². The van der Waals surface area contributed by atoms with Crippen LogP contribution in [0.25, 0.3) is 0 Å². The Kier molecular flexibility index (Phi) is 12.9. The molecule has 3 heterocycles. The molecule has 0 bridgehead atoms. The first-order chi connectivity index (χ1) is 24.8. The topological polar surface area (TPSA) is 110 Å². The van der Waals surface area contributed by atoms with Gasteiger partial charge in [-0.3, -0.25) is 9.69 Å². The molecule has 0 aromatic heterocycles. The van der Waals surface area contributed by atoms with Crippen LogP contribution >= 0.6 is 0 Å². The van der Waals surface area contributed by atoms with E-state index in [1.54, 1.807) is 4.90 Å². The van der Waals surface area contributed by atoms with Crippen LogP contribution in [0.1, 0.15) is 53.5 Å². The Morgan fingerprint density at radius 1 is 0.843 bits per heavy atom. The molecule has 51 heavy (non-hydrogen) atoms. The largest absolute Gasteiger partial charge is 0.488 e. The third-order valence-electron chi connectivity index (χ3n) is 10.7. The lowest BCUT2D eigenvalue weighted by atomic mass is 9.98. The first-order valence-corrected chi connectivity index (χ1v) is 18.7. The van der Waals surface area contributed by atoms with Gasteiger partial charge in [-0.1, -0.05) is 60.7 Å². The highest BCUT2D eigenvalue weighted by Gasteiger charge is 2.35. The van der Waals surface area contributed by atoms with Gasteiger partial charge in [0.15, 0.2) is 6.10 Å². The third kappa shape index (κ3) is 10.0. The summed E-state index contributed by atoms with van der Waals surface area (Å²) < 4.78 is 17.9. The fraction of sp³-hybridized carbons (Fsp3) is 0.512. The van der Waals surface area contributed by atoms with E-state index in [9.17, 15) is 9.59 Å². The van der Waals surface area contributed by atoms with Crippen molar-refractivity contribution in [1.29, 1.82) is 0 Å². The van der Waals surface area contributed by atoms with Gasteiger partial charge in [-0.05, 0) is 86.4 Å². The van der Waals surface area contributed by atoms with E-state index >= 15 is 0 Å². The number of nitrogens with one attached hydrogen (secondary N) is 1. The van der Waals surface area contributed by atoms with Crippen LogP contribution in [0.15, 0.2) is 66.7 Å². The summed E-state index contributed by atoms with van der Waals surface area (Å²) in [6.07, 6.45) is 3.34. The van der Waals surface area contributed by atoms with E-state index in [1.807, 2.05) is 55.1 Å². The van der Waals surface area contributed by atoms with Gasteiger partial charge in [-0.15, -0.1) is 0 Å². The lowest BCUT2D eigenvalue weighted by molar-refractivity contribution is -0.142. The van der Waals surface area contributed by atoms with Crippen LogP contribution < -0.4 is 15.8 Å². The van der Waals surface area contributed by atoms with Crippen LogP contribution in [0.2, 0.25) is 0 Å². The van der Waals surface area contributed by atoms with Crippen LogP contribution in [-0.4, -0.2) is 104 Å². The molecule has 0 radical (unpaired) electrons. The molecule has 3 aromatic carbocycles. The van der Waals surface area contributed by atoms with Crippen molar-refractivity contribution in [3.05, 3.63) is 94.5 Å². The number of nitrogens with zero attached hydrogens (tertiary/aromatic N) is 3. The summed E-state index contributed by atoms with van der Waals surface area (Å²) in [4.78, 5) is 34.0. The highest BCUT2D eigenvalue weighted by Crippen LogP contribution is 2.28. The molecule has 3 aliphatic rings. The molecule has 3 aromatic rings. The molecular weight excluding hydrogens is 642 g/mol. The highest BCUT2D eigenvalue weighted by molar-refractivity contribution is 5.84. The number of rotatable bonds is 12. The first kappa shape index (κ1) is 36.7.